The van der Waals surface area contributed by atoms with Gasteiger partial charge in [0, 0.05) is 5.56 Å². The first-order valence-electron chi connectivity index (χ1n) is 7.02. The molecule has 0 aromatic heterocycles. The van der Waals surface area contributed by atoms with Gasteiger partial charge in [0.25, 0.3) is 21.8 Å². The van der Waals surface area contributed by atoms with E-state index in [4.69, 9.17) is 0 Å². The predicted molar refractivity (Wildman–Crippen MR) is 84.7 cm³/mol. The number of amides is 2. The Hall–Kier alpha value is -2.89. The number of benzene rings is 2. The molecule has 11 heteroatoms. The summed E-state index contributed by atoms with van der Waals surface area (Å²) in [7, 11) is -4.09. The van der Waals surface area contributed by atoms with Crippen LogP contribution in [0.3, 0.4) is 0 Å². The van der Waals surface area contributed by atoms with E-state index in [-0.39, 0.29) is 10.5 Å². The monoisotopic (exact) mass is 385 g/mol. The summed E-state index contributed by atoms with van der Waals surface area (Å²) in [5, 5.41) is 0. The Bertz CT molecular complexity index is 887. The third kappa shape index (κ3) is 5.58. The highest BCUT2D eigenvalue weighted by atomic mass is 32.2. The lowest BCUT2D eigenvalue weighted by atomic mass is 10.2. The Balaban J connectivity index is 1.77. The lowest BCUT2D eigenvalue weighted by Gasteiger charge is -2.09. The largest absolute Gasteiger partial charge is 0.277 e. The second-order valence-corrected chi connectivity index (χ2v) is 6.48. The third-order valence-electron chi connectivity index (χ3n) is 2.92. The Morgan fingerprint density at radius 3 is 2.00 bits per heavy atom. The molecule has 8 nitrogen and oxygen atoms in total. The average molecular weight is 385 g/mol. The van der Waals surface area contributed by atoms with E-state index >= 15 is 0 Å². The number of carbonyl (C=O) groups is 2. The number of hydrazine groups is 1. The fourth-order valence-corrected chi connectivity index (χ4v) is 2.48. The van der Waals surface area contributed by atoms with Gasteiger partial charge in [-0.15, -0.1) is 0 Å². The molecule has 0 atom stereocenters. The molecule has 0 heterocycles. The van der Waals surface area contributed by atoms with Gasteiger partial charge in [0.2, 0.25) is 0 Å². The Labute approximate surface area is 147 Å². The average Bonchev–Trinajstić information content (AvgIpc) is 2.60. The lowest BCUT2D eigenvalue weighted by Crippen LogP contribution is -2.44. The molecule has 0 bridgehead atoms. The molecule has 2 aromatic rings. The molecule has 2 amide bonds. The van der Waals surface area contributed by atoms with Crippen LogP contribution in [0.4, 0.5) is 8.78 Å². The van der Waals surface area contributed by atoms with Crippen LogP contribution in [0.25, 0.3) is 0 Å². The van der Waals surface area contributed by atoms with Crippen LogP contribution in [0.1, 0.15) is 10.4 Å². The summed E-state index contributed by atoms with van der Waals surface area (Å²) in [6.07, 6.45) is 0. The Kier molecular flexibility index (Phi) is 6.33. The molecule has 26 heavy (non-hydrogen) atoms. The fourth-order valence-electron chi connectivity index (χ4n) is 1.67. The molecular formula is C15H13F2N3O5S. The lowest BCUT2D eigenvalue weighted by molar-refractivity contribution is -0.127. The van der Waals surface area contributed by atoms with E-state index in [1.54, 1.807) is 4.89 Å². The van der Waals surface area contributed by atoms with Crippen LogP contribution in [0, 0.1) is 11.6 Å². The minimum Gasteiger partial charge on any atom is -0.277 e. The molecule has 0 unspecified atom stereocenters. The van der Waals surface area contributed by atoms with Crippen LogP contribution in [0.2, 0.25) is 0 Å². The molecule has 0 radical (unpaired) electrons. The number of hydrogen-bond acceptors (Lipinski definition) is 5. The van der Waals surface area contributed by atoms with Crippen LogP contribution < -0.4 is 15.7 Å². The van der Waals surface area contributed by atoms with Gasteiger partial charge in [0.1, 0.15) is 18.2 Å². The molecule has 138 valence electrons. The van der Waals surface area contributed by atoms with Gasteiger partial charge < -0.3 is 0 Å². The molecule has 0 saturated carbocycles. The summed E-state index contributed by atoms with van der Waals surface area (Å²) in [6.45, 7) is -0.746. The van der Waals surface area contributed by atoms with Gasteiger partial charge >= 0.3 is 0 Å². The topological polar surface area (TPSA) is 114 Å². The molecule has 0 aliphatic heterocycles. The van der Waals surface area contributed by atoms with E-state index in [0.29, 0.717) is 0 Å². The van der Waals surface area contributed by atoms with Crippen LogP contribution in [-0.4, -0.2) is 26.8 Å². The number of sulfonamides is 1. The van der Waals surface area contributed by atoms with Gasteiger partial charge in [-0.2, -0.15) is 0 Å². The van der Waals surface area contributed by atoms with Gasteiger partial charge in [-0.3, -0.25) is 25.3 Å². The van der Waals surface area contributed by atoms with Crippen LogP contribution in [-0.2, 0) is 19.7 Å². The van der Waals surface area contributed by atoms with E-state index in [0.717, 1.165) is 36.4 Å². The molecule has 3 N–H and O–H groups in total. The van der Waals surface area contributed by atoms with Crippen molar-refractivity contribution in [3.63, 3.8) is 0 Å². The van der Waals surface area contributed by atoms with Crippen molar-refractivity contribution in [3.05, 3.63) is 65.7 Å². The summed E-state index contributed by atoms with van der Waals surface area (Å²) in [6, 6.07) is 8.51. The van der Waals surface area contributed by atoms with Gasteiger partial charge in [0.15, 0.2) is 0 Å². The first kappa shape index (κ1) is 19.4. The van der Waals surface area contributed by atoms with Gasteiger partial charge in [-0.05, 0) is 48.5 Å². The third-order valence-corrected chi connectivity index (χ3v) is 4.15. The first-order chi connectivity index (χ1) is 12.3. The maximum Gasteiger partial charge on any atom is 0.269 e. The highest BCUT2D eigenvalue weighted by Crippen LogP contribution is 2.09. The second-order valence-electron chi connectivity index (χ2n) is 4.84. The van der Waals surface area contributed by atoms with Crippen molar-refractivity contribution in [3.8, 4) is 0 Å². The summed E-state index contributed by atoms with van der Waals surface area (Å²) >= 11 is 0. The van der Waals surface area contributed by atoms with Gasteiger partial charge in [-0.1, -0.05) is 4.89 Å². The zero-order valence-electron chi connectivity index (χ0n) is 13.0. The zero-order chi connectivity index (χ0) is 19.2. The summed E-state index contributed by atoms with van der Waals surface area (Å²) in [4.78, 5) is 29.2. The summed E-state index contributed by atoms with van der Waals surface area (Å²) < 4.78 is 49.1. The smallest absolute Gasteiger partial charge is 0.269 e. The van der Waals surface area contributed by atoms with E-state index < -0.39 is 40.1 Å². The number of hydrogen-bond donors (Lipinski definition) is 3. The molecule has 0 saturated heterocycles. The quantitative estimate of drug-likeness (QED) is 0.632. The van der Waals surface area contributed by atoms with Crippen molar-refractivity contribution in [2.75, 3.05) is 6.61 Å². The maximum absolute atomic E-state index is 12.8. The number of halogens is 2. The molecule has 0 aliphatic rings. The fraction of sp³-hybridized carbons (Fsp3) is 0.0667. The maximum atomic E-state index is 12.8. The van der Waals surface area contributed by atoms with E-state index in [1.165, 1.54) is 12.1 Å². The standard InChI is InChI=1S/C15H13F2N3O5S/c16-11-3-1-10(2-4-11)15(22)19-18-14(21)9-25-20-26(23,24)13-7-5-12(17)6-8-13/h1-8,20H,9H2,(H,18,21)(H,19,22). The minimum atomic E-state index is -4.09. The van der Waals surface area contributed by atoms with Crippen LogP contribution >= 0.6 is 0 Å². The zero-order valence-corrected chi connectivity index (χ0v) is 13.8. The summed E-state index contributed by atoms with van der Waals surface area (Å²) in [5.74, 6) is -2.69. The number of carbonyl (C=O) groups excluding carboxylic acids is 2. The number of rotatable bonds is 6. The van der Waals surface area contributed by atoms with Crippen molar-refractivity contribution < 1.29 is 31.6 Å². The van der Waals surface area contributed by atoms with Crippen molar-refractivity contribution in [2.45, 2.75) is 4.90 Å². The molecule has 0 aliphatic carbocycles. The van der Waals surface area contributed by atoms with E-state index in [9.17, 15) is 26.8 Å². The van der Waals surface area contributed by atoms with Crippen LogP contribution in [0.15, 0.2) is 53.4 Å². The van der Waals surface area contributed by atoms with Crippen molar-refractivity contribution in [1.29, 1.82) is 0 Å². The molecule has 0 spiro atoms. The Morgan fingerprint density at radius 1 is 0.885 bits per heavy atom. The normalized spacial score (nSPS) is 11.0. The van der Waals surface area contributed by atoms with E-state index in [1.807, 2.05) is 10.9 Å². The highest BCUT2D eigenvalue weighted by molar-refractivity contribution is 7.89. The van der Waals surface area contributed by atoms with Gasteiger partial charge in [0.05, 0.1) is 4.90 Å². The molecular weight excluding hydrogens is 372 g/mol. The SMILES string of the molecule is O=C(CONS(=O)(=O)c1ccc(F)cc1)NNC(=O)c1ccc(F)cc1. The van der Waals surface area contributed by atoms with Crippen molar-refractivity contribution in [2.24, 2.45) is 0 Å². The number of nitrogens with one attached hydrogen (secondary N) is 3. The summed E-state index contributed by atoms with van der Waals surface area (Å²) in [5.41, 5.74) is 4.13. The first-order valence-corrected chi connectivity index (χ1v) is 8.50. The van der Waals surface area contributed by atoms with Crippen molar-refractivity contribution >= 4 is 21.8 Å². The molecule has 2 rings (SSSR count). The predicted octanol–water partition coefficient (Wildman–Crippen LogP) is 0.636. The second kappa shape index (κ2) is 8.47. The van der Waals surface area contributed by atoms with Gasteiger partial charge in [-0.25, -0.2) is 17.2 Å². The minimum absolute atomic E-state index is 0.102. The van der Waals surface area contributed by atoms with Crippen LogP contribution in [0.5, 0.6) is 0 Å². The van der Waals surface area contributed by atoms with E-state index in [2.05, 4.69) is 4.84 Å². The van der Waals surface area contributed by atoms with Crippen molar-refractivity contribution in [1.82, 2.24) is 15.7 Å². The Morgan fingerprint density at radius 2 is 1.42 bits per heavy atom. The molecule has 0 fully saturated rings. The highest BCUT2D eigenvalue weighted by Gasteiger charge is 2.15. The molecule has 2 aromatic carbocycles.